The highest BCUT2D eigenvalue weighted by Gasteiger charge is 2.38. The first-order valence-corrected chi connectivity index (χ1v) is 2.97. The molecule has 0 radical (unpaired) electrons. The number of nitrogens with one attached hydrogen (secondary N) is 1. The molecule has 1 aliphatic rings. The Morgan fingerprint density at radius 2 is 2.10 bits per heavy atom. The lowest BCUT2D eigenvalue weighted by molar-refractivity contribution is -0.0448. The van der Waals surface area contributed by atoms with Crippen LogP contribution in [0.1, 0.15) is 6.42 Å². The summed E-state index contributed by atoms with van der Waals surface area (Å²) >= 11 is 0. The minimum absolute atomic E-state index is 0. The van der Waals surface area contributed by atoms with E-state index >= 15 is 0 Å². The first-order chi connectivity index (χ1) is 4.13. The second kappa shape index (κ2) is 3.46. The molecule has 0 amide bonds. The highest BCUT2D eigenvalue weighted by molar-refractivity contribution is 5.85. The Morgan fingerprint density at radius 1 is 1.50 bits per heavy atom. The quantitative estimate of drug-likeness (QED) is 0.554. The predicted octanol–water partition coefficient (Wildman–Crippen LogP) is 0.364. The third kappa shape index (κ3) is 2.04. The van der Waals surface area contributed by atoms with E-state index in [4.69, 9.17) is 5.73 Å². The van der Waals surface area contributed by atoms with Crippen LogP contribution in [-0.2, 0) is 0 Å². The summed E-state index contributed by atoms with van der Waals surface area (Å²) in [5, 5.41) is 2.79. The summed E-state index contributed by atoms with van der Waals surface area (Å²) in [4.78, 5) is 0. The maximum atomic E-state index is 12.4. The van der Waals surface area contributed by atoms with Crippen molar-refractivity contribution in [3.05, 3.63) is 0 Å². The summed E-state index contributed by atoms with van der Waals surface area (Å²) in [6, 6.07) is -0.994. The van der Waals surface area contributed by atoms with Gasteiger partial charge in [-0.25, -0.2) is 8.78 Å². The van der Waals surface area contributed by atoms with E-state index < -0.39 is 12.0 Å². The molecule has 62 valence electrons. The summed E-state index contributed by atoms with van der Waals surface area (Å²) in [5.74, 6) is -2.65. The third-order valence-electron chi connectivity index (χ3n) is 1.54. The molecule has 0 aromatic rings. The number of alkyl halides is 2. The van der Waals surface area contributed by atoms with Gasteiger partial charge in [0.25, 0.3) is 5.92 Å². The van der Waals surface area contributed by atoms with Crippen LogP contribution >= 0.6 is 12.4 Å². The lowest BCUT2D eigenvalue weighted by Gasteiger charge is -2.28. The zero-order valence-electron chi connectivity index (χ0n) is 5.44. The van der Waals surface area contributed by atoms with Crippen LogP contribution in [0.5, 0.6) is 0 Å². The van der Waals surface area contributed by atoms with Crippen molar-refractivity contribution >= 4 is 12.4 Å². The van der Waals surface area contributed by atoms with Crippen LogP contribution in [0.25, 0.3) is 0 Å². The molecule has 2 nitrogen and oxygen atoms in total. The van der Waals surface area contributed by atoms with E-state index in [1.165, 1.54) is 0 Å². The Morgan fingerprint density at radius 3 is 2.40 bits per heavy atom. The van der Waals surface area contributed by atoms with Crippen molar-refractivity contribution in [3.8, 4) is 0 Å². The second-order valence-corrected chi connectivity index (χ2v) is 2.32. The fourth-order valence-electron chi connectivity index (χ4n) is 0.847. The summed E-state index contributed by atoms with van der Waals surface area (Å²) in [5.41, 5.74) is 5.10. The molecule has 3 N–H and O–H groups in total. The zero-order chi connectivity index (χ0) is 6.91. The predicted molar refractivity (Wildman–Crippen MR) is 37.7 cm³/mol. The molecule has 0 aromatic heterocycles. The molecule has 0 spiro atoms. The molecular weight excluding hydrogens is 162 g/mol. The normalized spacial score (nSPS) is 30.9. The van der Waals surface area contributed by atoms with Gasteiger partial charge in [0.1, 0.15) is 0 Å². The molecule has 1 unspecified atom stereocenters. The van der Waals surface area contributed by atoms with E-state index in [1.807, 2.05) is 0 Å². The molecule has 0 bridgehead atoms. The van der Waals surface area contributed by atoms with Crippen molar-refractivity contribution in [2.75, 3.05) is 13.1 Å². The van der Waals surface area contributed by atoms with E-state index in [9.17, 15) is 8.78 Å². The Balaban J connectivity index is 0.000000810. The van der Waals surface area contributed by atoms with Crippen LogP contribution in [0.2, 0.25) is 0 Å². The number of nitrogens with two attached hydrogens (primary N) is 1. The van der Waals surface area contributed by atoms with E-state index in [0.717, 1.165) is 0 Å². The fraction of sp³-hybridized carbons (Fsp3) is 1.00. The largest absolute Gasteiger partial charge is 0.322 e. The molecule has 1 heterocycles. The van der Waals surface area contributed by atoms with Crippen molar-refractivity contribution in [2.24, 2.45) is 5.73 Å². The topological polar surface area (TPSA) is 38.0 Å². The van der Waals surface area contributed by atoms with Crippen molar-refractivity contribution < 1.29 is 8.78 Å². The molecule has 1 fully saturated rings. The number of hydrogen-bond acceptors (Lipinski definition) is 2. The summed E-state index contributed by atoms with van der Waals surface area (Å²) < 4.78 is 24.9. The van der Waals surface area contributed by atoms with Crippen molar-refractivity contribution in [3.63, 3.8) is 0 Å². The summed E-state index contributed by atoms with van der Waals surface area (Å²) in [6.45, 7) is 0.605. The minimum atomic E-state index is -2.65. The molecule has 5 heteroatoms. The van der Waals surface area contributed by atoms with Gasteiger partial charge in [0.15, 0.2) is 0 Å². The van der Waals surface area contributed by atoms with Gasteiger partial charge in [-0.05, 0) is 0 Å². The average molecular weight is 173 g/mol. The minimum Gasteiger partial charge on any atom is -0.322 e. The van der Waals surface area contributed by atoms with Crippen LogP contribution in [0, 0.1) is 0 Å². The van der Waals surface area contributed by atoms with Crippen LogP contribution in [0.3, 0.4) is 0 Å². The zero-order valence-corrected chi connectivity index (χ0v) is 6.26. The average Bonchev–Trinajstić information content (AvgIpc) is 1.77. The number of hydrogen-bond donors (Lipinski definition) is 2. The highest BCUT2D eigenvalue weighted by Crippen LogP contribution is 2.22. The molecule has 1 rings (SSSR count). The van der Waals surface area contributed by atoms with Gasteiger partial charge >= 0.3 is 0 Å². The Hall–Kier alpha value is 0.0700. The van der Waals surface area contributed by atoms with Gasteiger partial charge in [-0.3, -0.25) is 0 Å². The SMILES string of the molecule is Cl.NC1CNCCC1(F)F. The first kappa shape index (κ1) is 10.1. The standard InChI is InChI=1S/C5H10F2N2.ClH/c6-5(7)1-2-9-3-4(5)8;/h4,9H,1-3,8H2;1H. The lowest BCUT2D eigenvalue weighted by atomic mass is 10.0. The van der Waals surface area contributed by atoms with Gasteiger partial charge in [-0.1, -0.05) is 0 Å². The molecule has 1 saturated heterocycles. The van der Waals surface area contributed by atoms with E-state index in [2.05, 4.69) is 5.32 Å². The van der Waals surface area contributed by atoms with Gasteiger partial charge in [0.2, 0.25) is 0 Å². The maximum Gasteiger partial charge on any atom is 0.265 e. The molecular formula is C5H11ClF2N2. The monoisotopic (exact) mass is 172 g/mol. The van der Waals surface area contributed by atoms with E-state index in [1.54, 1.807) is 0 Å². The lowest BCUT2D eigenvalue weighted by Crippen LogP contribution is -2.53. The van der Waals surface area contributed by atoms with Crippen molar-refractivity contribution in [1.29, 1.82) is 0 Å². The van der Waals surface area contributed by atoms with Gasteiger partial charge in [0.05, 0.1) is 6.04 Å². The second-order valence-electron chi connectivity index (χ2n) is 2.32. The van der Waals surface area contributed by atoms with Gasteiger partial charge in [-0.2, -0.15) is 0 Å². The smallest absolute Gasteiger partial charge is 0.265 e. The Labute approximate surface area is 64.6 Å². The fourth-order valence-corrected chi connectivity index (χ4v) is 0.847. The molecule has 0 aromatic carbocycles. The molecule has 1 atom stereocenters. The number of halogens is 3. The van der Waals surface area contributed by atoms with Gasteiger partial charge in [0, 0.05) is 19.5 Å². The Kier molecular flexibility index (Phi) is 3.48. The van der Waals surface area contributed by atoms with Crippen molar-refractivity contribution in [2.45, 2.75) is 18.4 Å². The van der Waals surface area contributed by atoms with Crippen LogP contribution < -0.4 is 11.1 Å². The summed E-state index contributed by atoms with van der Waals surface area (Å²) in [6.07, 6.45) is -0.131. The van der Waals surface area contributed by atoms with Crippen molar-refractivity contribution in [1.82, 2.24) is 5.32 Å². The van der Waals surface area contributed by atoms with Gasteiger partial charge in [-0.15, -0.1) is 12.4 Å². The van der Waals surface area contributed by atoms with E-state index in [-0.39, 0.29) is 25.4 Å². The van der Waals surface area contributed by atoms with Crippen LogP contribution in [0.4, 0.5) is 8.78 Å². The molecule has 10 heavy (non-hydrogen) atoms. The molecule has 0 saturated carbocycles. The number of rotatable bonds is 0. The van der Waals surface area contributed by atoms with Crippen LogP contribution in [-0.4, -0.2) is 25.1 Å². The molecule has 0 aliphatic carbocycles. The molecule has 1 aliphatic heterocycles. The van der Waals surface area contributed by atoms with Gasteiger partial charge < -0.3 is 11.1 Å². The maximum absolute atomic E-state index is 12.4. The first-order valence-electron chi connectivity index (χ1n) is 2.97. The number of piperidine rings is 1. The highest BCUT2D eigenvalue weighted by atomic mass is 35.5. The Bertz CT molecular complexity index is 110. The summed E-state index contributed by atoms with van der Waals surface area (Å²) in [7, 11) is 0. The third-order valence-corrected chi connectivity index (χ3v) is 1.54. The van der Waals surface area contributed by atoms with E-state index in [0.29, 0.717) is 6.54 Å². The van der Waals surface area contributed by atoms with Crippen LogP contribution in [0.15, 0.2) is 0 Å².